The van der Waals surface area contributed by atoms with Crippen LogP contribution in [0.5, 0.6) is 5.75 Å². The van der Waals surface area contributed by atoms with E-state index in [0.29, 0.717) is 23.4 Å². The first-order valence-electron chi connectivity index (χ1n) is 5.52. The monoisotopic (exact) mass is 250 g/mol. The molecule has 88 valence electrons. The lowest BCUT2D eigenvalue weighted by molar-refractivity contribution is 0.285. The van der Waals surface area contributed by atoms with Crippen LogP contribution in [0.3, 0.4) is 0 Å². The average Bonchev–Trinajstić information content (AvgIpc) is 3.09. The fourth-order valence-corrected chi connectivity index (χ4v) is 1.63. The second kappa shape index (κ2) is 4.37. The van der Waals surface area contributed by atoms with Crippen LogP contribution in [-0.4, -0.2) is 10.1 Å². The SMILES string of the molecule is Clc1ccc(OCc2noc(C3CC3)n2)cc1. The molecule has 17 heavy (non-hydrogen) atoms. The van der Waals surface area contributed by atoms with Crippen molar-refractivity contribution in [1.29, 1.82) is 0 Å². The van der Waals surface area contributed by atoms with Gasteiger partial charge in [0.2, 0.25) is 11.7 Å². The first kappa shape index (κ1) is 10.6. The minimum absolute atomic E-state index is 0.317. The Labute approximate surface area is 104 Å². The molecular formula is C12H11ClN2O2. The molecular weight excluding hydrogens is 240 g/mol. The lowest BCUT2D eigenvalue weighted by Crippen LogP contribution is -1.97. The van der Waals surface area contributed by atoms with Crippen LogP contribution in [0.1, 0.15) is 30.5 Å². The van der Waals surface area contributed by atoms with Crippen molar-refractivity contribution in [2.45, 2.75) is 25.4 Å². The van der Waals surface area contributed by atoms with Crippen LogP contribution in [0.4, 0.5) is 0 Å². The highest BCUT2D eigenvalue weighted by Gasteiger charge is 2.29. The zero-order valence-electron chi connectivity index (χ0n) is 9.10. The number of rotatable bonds is 4. The third-order valence-electron chi connectivity index (χ3n) is 2.59. The van der Waals surface area contributed by atoms with Gasteiger partial charge in [0.25, 0.3) is 0 Å². The van der Waals surface area contributed by atoms with E-state index in [1.165, 1.54) is 0 Å². The van der Waals surface area contributed by atoms with E-state index in [1.54, 1.807) is 12.1 Å². The maximum Gasteiger partial charge on any atom is 0.229 e. The summed E-state index contributed by atoms with van der Waals surface area (Å²) in [4.78, 5) is 4.28. The Bertz CT molecular complexity index is 505. The van der Waals surface area contributed by atoms with Crippen molar-refractivity contribution in [2.75, 3.05) is 0 Å². The smallest absolute Gasteiger partial charge is 0.229 e. The van der Waals surface area contributed by atoms with Gasteiger partial charge in [0.15, 0.2) is 6.61 Å². The van der Waals surface area contributed by atoms with Crippen molar-refractivity contribution in [2.24, 2.45) is 0 Å². The molecule has 0 N–H and O–H groups in total. The molecule has 1 aromatic heterocycles. The van der Waals surface area contributed by atoms with Gasteiger partial charge in [-0.3, -0.25) is 0 Å². The normalized spacial score (nSPS) is 14.9. The highest BCUT2D eigenvalue weighted by atomic mass is 35.5. The van der Waals surface area contributed by atoms with E-state index in [1.807, 2.05) is 12.1 Å². The third-order valence-corrected chi connectivity index (χ3v) is 2.84. The molecule has 0 aliphatic heterocycles. The number of hydrogen-bond acceptors (Lipinski definition) is 4. The van der Waals surface area contributed by atoms with E-state index in [0.717, 1.165) is 24.5 Å². The molecule has 0 unspecified atom stereocenters. The maximum absolute atomic E-state index is 5.78. The zero-order chi connectivity index (χ0) is 11.7. The van der Waals surface area contributed by atoms with Crippen molar-refractivity contribution in [3.05, 3.63) is 41.0 Å². The summed E-state index contributed by atoms with van der Waals surface area (Å²) in [7, 11) is 0. The van der Waals surface area contributed by atoms with Crippen molar-refractivity contribution in [1.82, 2.24) is 10.1 Å². The summed E-state index contributed by atoms with van der Waals surface area (Å²) in [6.07, 6.45) is 2.30. The number of nitrogens with zero attached hydrogens (tertiary/aromatic N) is 2. The van der Waals surface area contributed by atoms with E-state index in [2.05, 4.69) is 10.1 Å². The Morgan fingerprint density at radius 3 is 2.76 bits per heavy atom. The molecule has 5 heteroatoms. The number of ether oxygens (including phenoxy) is 1. The molecule has 0 spiro atoms. The molecule has 1 saturated carbocycles. The Kier molecular flexibility index (Phi) is 2.73. The van der Waals surface area contributed by atoms with Gasteiger partial charge in [-0.2, -0.15) is 4.98 Å². The topological polar surface area (TPSA) is 48.2 Å². The number of aromatic nitrogens is 2. The van der Waals surface area contributed by atoms with Gasteiger partial charge in [-0.05, 0) is 37.1 Å². The van der Waals surface area contributed by atoms with Crippen LogP contribution in [0, 0.1) is 0 Å². The molecule has 2 aromatic rings. The van der Waals surface area contributed by atoms with Crippen molar-refractivity contribution < 1.29 is 9.26 Å². The van der Waals surface area contributed by atoms with Crippen LogP contribution in [0.2, 0.25) is 5.02 Å². The van der Waals surface area contributed by atoms with Crippen LogP contribution in [0.25, 0.3) is 0 Å². The molecule has 0 saturated heterocycles. The van der Waals surface area contributed by atoms with E-state index in [9.17, 15) is 0 Å². The molecule has 0 radical (unpaired) electrons. The van der Waals surface area contributed by atoms with Crippen LogP contribution >= 0.6 is 11.6 Å². The fraction of sp³-hybridized carbons (Fsp3) is 0.333. The number of halogens is 1. The maximum atomic E-state index is 5.78. The Balaban J connectivity index is 1.60. The molecule has 1 fully saturated rings. The van der Waals surface area contributed by atoms with Crippen molar-refractivity contribution in [3.63, 3.8) is 0 Å². The van der Waals surface area contributed by atoms with Crippen LogP contribution < -0.4 is 4.74 Å². The number of hydrogen-bond donors (Lipinski definition) is 0. The first-order chi connectivity index (χ1) is 8.31. The summed E-state index contributed by atoms with van der Waals surface area (Å²) in [6.45, 7) is 0.317. The predicted molar refractivity (Wildman–Crippen MR) is 62.1 cm³/mol. The van der Waals surface area contributed by atoms with Gasteiger partial charge in [0.1, 0.15) is 5.75 Å². The number of benzene rings is 1. The largest absolute Gasteiger partial charge is 0.485 e. The van der Waals surface area contributed by atoms with Gasteiger partial charge in [0.05, 0.1) is 0 Å². The quantitative estimate of drug-likeness (QED) is 0.836. The zero-order valence-corrected chi connectivity index (χ0v) is 9.85. The van der Waals surface area contributed by atoms with Gasteiger partial charge in [-0.1, -0.05) is 16.8 Å². The second-order valence-electron chi connectivity index (χ2n) is 4.07. The Morgan fingerprint density at radius 1 is 1.29 bits per heavy atom. The molecule has 4 nitrogen and oxygen atoms in total. The van der Waals surface area contributed by atoms with E-state index >= 15 is 0 Å². The summed E-state index contributed by atoms with van der Waals surface area (Å²) in [5.74, 6) is 2.54. The van der Waals surface area contributed by atoms with Crippen LogP contribution in [0.15, 0.2) is 28.8 Å². The van der Waals surface area contributed by atoms with E-state index in [-0.39, 0.29) is 0 Å². The van der Waals surface area contributed by atoms with Gasteiger partial charge >= 0.3 is 0 Å². The minimum Gasteiger partial charge on any atom is -0.485 e. The second-order valence-corrected chi connectivity index (χ2v) is 4.50. The summed E-state index contributed by atoms with van der Waals surface area (Å²) in [5.41, 5.74) is 0. The van der Waals surface area contributed by atoms with E-state index < -0.39 is 0 Å². The standard InChI is InChI=1S/C12H11ClN2O2/c13-9-3-5-10(6-4-9)16-7-11-14-12(17-15-11)8-1-2-8/h3-6,8H,1-2,7H2. The molecule has 1 aliphatic rings. The molecule has 1 aliphatic carbocycles. The lowest BCUT2D eigenvalue weighted by atomic mass is 10.3. The average molecular weight is 251 g/mol. The Hall–Kier alpha value is -1.55. The highest BCUT2D eigenvalue weighted by Crippen LogP contribution is 2.38. The summed E-state index contributed by atoms with van der Waals surface area (Å²) in [5, 5.41) is 4.56. The van der Waals surface area contributed by atoms with Crippen molar-refractivity contribution >= 4 is 11.6 Å². The third kappa shape index (κ3) is 2.58. The summed E-state index contributed by atoms with van der Waals surface area (Å²) >= 11 is 5.78. The van der Waals surface area contributed by atoms with E-state index in [4.69, 9.17) is 20.9 Å². The Morgan fingerprint density at radius 2 is 2.06 bits per heavy atom. The summed E-state index contributed by atoms with van der Waals surface area (Å²) < 4.78 is 10.7. The first-order valence-corrected chi connectivity index (χ1v) is 5.90. The summed E-state index contributed by atoms with van der Waals surface area (Å²) in [6, 6.07) is 7.18. The molecule has 0 amide bonds. The van der Waals surface area contributed by atoms with Gasteiger partial charge < -0.3 is 9.26 Å². The molecule has 1 aromatic carbocycles. The highest BCUT2D eigenvalue weighted by molar-refractivity contribution is 6.30. The van der Waals surface area contributed by atoms with Gasteiger partial charge in [0, 0.05) is 10.9 Å². The minimum atomic E-state index is 0.317. The van der Waals surface area contributed by atoms with Gasteiger partial charge in [-0.25, -0.2) is 0 Å². The predicted octanol–water partition coefficient (Wildman–Crippen LogP) is 3.18. The van der Waals surface area contributed by atoms with Crippen LogP contribution in [-0.2, 0) is 6.61 Å². The molecule has 0 bridgehead atoms. The van der Waals surface area contributed by atoms with Gasteiger partial charge in [-0.15, -0.1) is 0 Å². The molecule has 0 atom stereocenters. The van der Waals surface area contributed by atoms with Crippen molar-refractivity contribution in [3.8, 4) is 5.75 Å². The molecule has 3 rings (SSSR count). The lowest BCUT2D eigenvalue weighted by Gasteiger charge is -2.02. The molecule has 1 heterocycles. The fourth-order valence-electron chi connectivity index (χ4n) is 1.50.